The standard InChI is InChI=1S/C21H26N4O4S2/c1-14-5-3-6-17(11-14)25-31(27,28)19-12-16(9-8-15(19)2)20(26)23-24-21(30)22-13-18-7-4-10-29-18/h3,5-6,8-9,11-12,18,25H,4,7,10,13H2,1-2H3,(H,23,26)(H2,22,24,30). The van der Waals surface area contributed by atoms with Gasteiger partial charge in [0.2, 0.25) is 0 Å². The molecule has 0 aromatic heterocycles. The van der Waals surface area contributed by atoms with Gasteiger partial charge in [0.1, 0.15) is 0 Å². The number of benzene rings is 2. The second kappa shape index (κ2) is 10.1. The first-order valence-corrected chi connectivity index (χ1v) is 11.8. The summed E-state index contributed by atoms with van der Waals surface area (Å²) < 4.78 is 33.8. The maximum absolute atomic E-state index is 12.9. The number of anilines is 1. The normalized spacial score (nSPS) is 15.9. The molecule has 1 aliphatic rings. The average Bonchev–Trinajstić information content (AvgIpc) is 3.24. The Morgan fingerprint density at radius 2 is 1.97 bits per heavy atom. The minimum atomic E-state index is -3.87. The molecule has 166 valence electrons. The highest BCUT2D eigenvalue weighted by Gasteiger charge is 2.20. The molecule has 0 spiro atoms. The second-order valence-corrected chi connectivity index (χ2v) is 9.44. The van der Waals surface area contributed by atoms with Crippen LogP contribution in [0.1, 0.15) is 34.3 Å². The Balaban J connectivity index is 1.63. The summed E-state index contributed by atoms with van der Waals surface area (Å²) in [6.45, 7) is 4.86. The zero-order valence-corrected chi connectivity index (χ0v) is 19.0. The fourth-order valence-electron chi connectivity index (χ4n) is 3.19. The number of hydrazine groups is 1. The minimum absolute atomic E-state index is 0.0285. The minimum Gasteiger partial charge on any atom is -0.376 e. The van der Waals surface area contributed by atoms with E-state index < -0.39 is 15.9 Å². The van der Waals surface area contributed by atoms with Crippen molar-refractivity contribution in [2.24, 2.45) is 0 Å². The van der Waals surface area contributed by atoms with Gasteiger partial charge < -0.3 is 10.1 Å². The van der Waals surface area contributed by atoms with Crippen LogP contribution in [-0.2, 0) is 14.8 Å². The highest BCUT2D eigenvalue weighted by Crippen LogP contribution is 2.21. The Morgan fingerprint density at radius 3 is 2.68 bits per heavy atom. The van der Waals surface area contributed by atoms with Crippen LogP contribution in [0.4, 0.5) is 5.69 Å². The van der Waals surface area contributed by atoms with E-state index in [1.54, 1.807) is 37.3 Å². The van der Waals surface area contributed by atoms with E-state index in [1.165, 1.54) is 6.07 Å². The molecule has 1 heterocycles. The van der Waals surface area contributed by atoms with Crippen molar-refractivity contribution in [3.63, 3.8) is 0 Å². The maximum atomic E-state index is 12.9. The molecule has 0 saturated carbocycles. The van der Waals surface area contributed by atoms with E-state index in [2.05, 4.69) is 20.9 Å². The van der Waals surface area contributed by atoms with Gasteiger partial charge in [-0.15, -0.1) is 0 Å². The predicted octanol–water partition coefficient (Wildman–Crippen LogP) is 2.39. The van der Waals surface area contributed by atoms with Crippen LogP contribution >= 0.6 is 12.2 Å². The van der Waals surface area contributed by atoms with Gasteiger partial charge in [-0.1, -0.05) is 18.2 Å². The van der Waals surface area contributed by atoms with Crippen LogP contribution < -0.4 is 20.9 Å². The van der Waals surface area contributed by atoms with E-state index >= 15 is 0 Å². The first kappa shape index (κ1) is 23.0. The van der Waals surface area contributed by atoms with Gasteiger partial charge in [-0.05, 0) is 74.3 Å². The van der Waals surface area contributed by atoms with E-state index in [0.717, 1.165) is 25.0 Å². The third kappa shape index (κ3) is 6.39. The molecule has 1 amide bonds. The van der Waals surface area contributed by atoms with Gasteiger partial charge in [-0.25, -0.2) is 8.42 Å². The number of hydrogen-bond donors (Lipinski definition) is 4. The lowest BCUT2D eigenvalue weighted by atomic mass is 10.1. The van der Waals surface area contributed by atoms with Crippen molar-refractivity contribution >= 4 is 38.9 Å². The van der Waals surface area contributed by atoms with Crippen molar-refractivity contribution in [3.8, 4) is 0 Å². The second-order valence-electron chi connectivity index (χ2n) is 7.38. The van der Waals surface area contributed by atoms with Gasteiger partial charge in [0.05, 0.1) is 11.0 Å². The molecule has 0 bridgehead atoms. The molecule has 0 radical (unpaired) electrons. The number of aryl methyl sites for hydroxylation is 2. The van der Waals surface area contributed by atoms with E-state index in [4.69, 9.17) is 17.0 Å². The van der Waals surface area contributed by atoms with Gasteiger partial charge in [-0.2, -0.15) is 0 Å². The molecule has 1 saturated heterocycles. The quantitative estimate of drug-likeness (QED) is 0.386. The number of ether oxygens (including phenoxy) is 1. The molecule has 1 fully saturated rings. The summed E-state index contributed by atoms with van der Waals surface area (Å²) in [5, 5.41) is 3.24. The summed E-state index contributed by atoms with van der Waals surface area (Å²) in [5.74, 6) is -0.506. The molecule has 0 aliphatic carbocycles. The fraction of sp³-hybridized carbons (Fsp3) is 0.333. The third-order valence-electron chi connectivity index (χ3n) is 4.81. The molecule has 3 rings (SSSR count). The Kier molecular flexibility index (Phi) is 7.47. The van der Waals surface area contributed by atoms with E-state index in [0.29, 0.717) is 17.8 Å². The highest BCUT2D eigenvalue weighted by molar-refractivity contribution is 7.92. The lowest BCUT2D eigenvalue weighted by Crippen LogP contribution is -2.48. The topological polar surface area (TPSA) is 109 Å². The molecule has 10 heteroatoms. The molecular weight excluding hydrogens is 436 g/mol. The summed E-state index contributed by atoms with van der Waals surface area (Å²) in [5.41, 5.74) is 7.20. The largest absolute Gasteiger partial charge is 0.376 e. The number of carbonyl (C=O) groups is 1. The monoisotopic (exact) mass is 462 g/mol. The Morgan fingerprint density at radius 1 is 1.16 bits per heavy atom. The number of thiocarbonyl (C=S) groups is 1. The lowest BCUT2D eigenvalue weighted by molar-refractivity contribution is 0.0943. The van der Waals surface area contributed by atoms with Crippen molar-refractivity contribution in [1.82, 2.24) is 16.2 Å². The molecule has 1 atom stereocenters. The number of carbonyl (C=O) groups excluding carboxylic acids is 1. The number of nitrogens with one attached hydrogen (secondary N) is 4. The number of sulfonamides is 1. The third-order valence-corrected chi connectivity index (χ3v) is 6.58. The van der Waals surface area contributed by atoms with Crippen LogP contribution in [0.15, 0.2) is 47.4 Å². The van der Waals surface area contributed by atoms with Crippen molar-refractivity contribution < 1.29 is 17.9 Å². The van der Waals surface area contributed by atoms with Crippen LogP contribution in [0, 0.1) is 13.8 Å². The lowest BCUT2D eigenvalue weighted by Gasteiger charge is -2.15. The molecule has 8 nitrogen and oxygen atoms in total. The first-order chi connectivity index (χ1) is 14.7. The Bertz CT molecular complexity index is 1070. The molecule has 1 unspecified atom stereocenters. The van der Waals surface area contributed by atoms with Crippen LogP contribution in [0.3, 0.4) is 0 Å². The van der Waals surface area contributed by atoms with Crippen LogP contribution in [0.5, 0.6) is 0 Å². The molecule has 1 aliphatic heterocycles. The van der Waals surface area contributed by atoms with Crippen molar-refractivity contribution in [2.45, 2.75) is 37.7 Å². The average molecular weight is 463 g/mol. The van der Waals surface area contributed by atoms with Gasteiger partial charge in [0.25, 0.3) is 15.9 Å². The van der Waals surface area contributed by atoms with Gasteiger partial charge in [0, 0.05) is 24.4 Å². The Hall–Kier alpha value is -2.69. The van der Waals surface area contributed by atoms with Crippen LogP contribution in [0.25, 0.3) is 0 Å². The summed E-state index contributed by atoms with van der Waals surface area (Å²) in [6.07, 6.45) is 2.11. The molecular formula is C21H26N4O4S2. The Labute approximate surface area is 187 Å². The number of hydrogen-bond acceptors (Lipinski definition) is 5. The zero-order chi connectivity index (χ0) is 22.4. The highest BCUT2D eigenvalue weighted by atomic mass is 32.2. The van der Waals surface area contributed by atoms with Crippen LogP contribution in [0.2, 0.25) is 0 Å². The molecule has 2 aromatic carbocycles. The summed E-state index contributed by atoms with van der Waals surface area (Å²) in [4.78, 5) is 12.5. The van der Waals surface area contributed by atoms with Gasteiger partial charge >= 0.3 is 0 Å². The summed E-state index contributed by atoms with van der Waals surface area (Å²) in [7, 11) is -3.87. The SMILES string of the molecule is Cc1cccc(NS(=O)(=O)c2cc(C(=O)NNC(=S)NCC3CCCO3)ccc2C)c1. The predicted molar refractivity (Wildman–Crippen MR) is 123 cm³/mol. The first-order valence-electron chi connectivity index (χ1n) is 9.90. The van der Waals surface area contributed by atoms with Crippen molar-refractivity contribution in [2.75, 3.05) is 17.9 Å². The van der Waals surface area contributed by atoms with Gasteiger partial charge in [0.15, 0.2) is 5.11 Å². The molecule has 2 aromatic rings. The maximum Gasteiger partial charge on any atom is 0.269 e. The summed E-state index contributed by atoms with van der Waals surface area (Å²) >= 11 is 5.15. The van der Waals surface area contributed by atoms with Gasteiger partial charge in [-0.3, -0.25) is 20.4 Å². The van der Waals surface area contributed by atoms with Crippen LogP contribution in [-0.4, -0.2) is 38.7 Å². The molecule has 31 heavy (non-hydrogen) atoms. The zero-order valence-electron chi connectivity index (χ0n) is 17.4. The number of amides is 1. The van der Waals surface area contributed by atoms with E-state index in [9.17, 15) is 13.2 Å². The number of rotatable bonds is 6. The molecule has 4 N–H and O–H groups in total. The van der Waals surface area contributed by atoms with E-state index in [-0.39, 0.29) is 21.7 Å². The van der Waals surface area contributed by atoms with E-state index in [1.807, 2.05) is 13.0 Å². The van der Waals surface area contributed by atoms with Crippen molar-refractivity contribution in [3.05, 3.63) is 59.2 Å². The summed E-state index contributed by atoms with van der Waals surface area (Å²) in [6, 6.07) is 11.5. The fourth-order valence-corrected chi connectivity index (χ4v) is 4.65. The van der Waals surface area contributed by atoms with Crippen molar-refractivity contribution in [1.29, 1.82) is 0 Å². The smallest absolute Gasteiger partial charge is 0.269 e.